The SMILES string of the molecule is COCC1(C(=O)NCc2ccc(=O)[nH]c2)CCNCC1. The van der Waals surface area contributed by atoms with Crippen LogP contribution < -0.4 is 16.2 Å². The number of carbonyl (C=O) groups excluding carboxylic acids is 1. The average molecular weight is 279 g/mol. The molecule has 1 amide bonds. The van der Waals surface area contributed by atoms with E-state index in [1.165, 1.54) is 6.07 Å². The molecule has 1 saturated heterocycles. The summed E-state index contributed by atoms with van der Waals surface area (Å²) in [4.78, 5) is 26.0. The summed E-state index contributed by atoms with van der Waals surface area (Å²) in [6.07, 6.45) is 3.17. The highest BCUT2D eigenvalue weighted by molar-refractivity contribution is 5.83. The predicted octanol–water partition coefficient (Wildman–Crippen LogP) is 0.00730. The van der Waals surface area contributed by atoms with Gasteiger partial charge in [0.1, 0.15) is 0 Å². The van der Waals surface area contributed by atoms with Gasteiger partial charge in [-0.1, -0.05) is 6.07 Å². The molecule has 0 atom stereocenters. The lowest BCUT2D eigenvalue weighted by Crippen LogP contribution is -2.50. The minimum Gasteiger partial charge on any atom is -0.384 e. The lowest BCUT2D eigenvalue weighted by atomic mass is 9.78. The van der Waals surface area contributed by atoms with Crippen molar-refractivity contribution in [2.45, 2.75) is 19.4 Å². The molecule has 0 spiro atoms. The highest BCUT2D eigenvalue weighted by atomic mass is 16.5. The molecule has 0 radical (unpaired) electrons. The molecule has 0 bridgehead atoms. The summed E-state index contributed by atoms with van der Waals surface area (Å²) in [5, 5.41) is 6.20. The van der Waals surface area contributed by atoms with Crippen LogP contribution in [-0.2, 0) is 16.1 Å². The zero-order valence-electron chi connectivity index (χ0n) is 11.7. The van der Waals surface area contributed by atoms with Crippen molar-refractivity contribution in [3.8, 4) is 0 Å². The number of aromatic nitrogens is 1. The molecule has 3 N–H and O–H groups in total. The molecule has 0 unspecified atom stereocenters. The summed E-state index contributed by atoms with van der Waals surface area (Å²) < 4.78 is 5.24. The smallest absolute Gasteiger partial charge is 0.247 e. The monoisotopic (exact) mass is 279 g/mol. The Morgan fingerprint density at radius 2 is 2.15 bits per heavy atom. The van der Waals surface area contributed by atoms with Crippen LogP contribution in [0.2, 0.25) is 0 Å². The number of hydrogen-bond donors (Lipinski definition) is 3. The molecule has 6 nitrogen and oxygen atoms in total. The van der Waals surface area contributed by atoms with E-state index in [1.807, 2.05) is 0 Å². The Morgan fingerprint density at radius 1 is 1.40 bits per heavy atom. The number of hydrogen-bond acceptors (Lipinski definition) is 4. The second kappa shape index (κ2) is 6.67. The predicted molar refractivity (Wildman–Crippen MR) is 75.3 cm³/mol. The van der Waals surface area contributed by atoms with Crippen molar-refractivity contribution >= 4 is 5.91 Å². The number of piperidine rings is 1. The summed E-state index contributed by atoms with van der Waals surface area (Å²) in [6, 6.07) is 3.17. The van der Waals surface area contributed by atoms with Gasteiger partial charge in [0.15, 0.2) is 0 Å². The first-order valence-electron chi connectivity index (χ1n) is 6.82. The molecule has 0 saturated carbocycles. The van der Waals surface area contributed by atoms with E-state index in [1.54, 1.807) is 19.4 Å². The van der Waals surface area contributed by atoms with Gasteiger partial charge in [-0.15, -0.1) is 0 Å². The molecule has 6 heteroatoms. The van der Waals surface area contributed by atoms with Gasteiger partial charge in [0.2, 0.25) is 11.5 Å². The van der Waals surface area contributed by atoms with E-state index < -0.39 is 5.41 Å². The minimum atomic E-state index is -0.442. The molecule has 1 aromatic heterocycles. The Balaban J connectivity index is 1.97. The molecular weight excluding hydrogens is 258 g/mol. The van der Waals surface area contributed by atoms with E-state index in [-0.39, 0.29) is 11.5 Å². The summed E-state index contributed by atoms with van der Waals surface area (Å²) in [5.41, 5.74) is 0.288. The number of methoxy groups -OCH3 is 1. The van der Waals surface area contributed by atoms with Gasteiger partial charge in [-0.2, -0.15) is 0 Å². The van der Waals surface area contributed by atoms with Crippen LogP contribution in [0.25, 0.3) is 0 Å². The Morgan fingerprint density at radius 3 is 2.75 bits per heavy atom. The fourth-order valence-electron chi connectivity index (χ4n) is 2.54. The number of rotatable bonds is 5. The van der Waals surface area contributed by atoms with Crippen molar-refractivity contribution in [1.82, 2.24) is 15.6 Å². The van der Waals surface area contributed by atoms with Gasteiger partial charge in [0.25, 0.3) is 0 Å². The fraction of sp³-hybridized carbons (Fsp3) is 0.571. The van der Waals surface area contributed by atoms with Crippen molar-refractivity contribution in [2.24, 2.45) is 5.41 Å². The standard InChI is InChI=1S/C14H21N3O3/c1-20-10-14(4-6-15-7-5-14)13(19)17-9-11-2-3-12(18)16-8-11/h2-3,8,15H,4-7,9-10H2,1H3,(H,16,18)(H,17,19). The number of ether oxygens (including phenoxy) is 1. The lowest BCUT2D eigenvalue weighted by molar-refractivity contribution is -0.136. The van der Waals surface area contributed by atoms with Crippen LogP contribution in [0, 0.1) is 5.41 Å². The topological polar surface area (TPSA) is 83.2 Å². The van der Waals surface area contributed by atoms with Gasteiger partial charge in [0.05, 0.1) is 12.0 Å². The molecule has 1 aliphatic rings. The van der Waals surface area contributed by atoms with E-state index >= 15 is 0 Å². The molecule has 0 aliphatic carbocycles. The summed E-state index contributed by atoms with van der Waals surface area (Å²) >= 11 is 0. The van der Waals surface area contributed by atoms with Crippen LogP contribution in [0.1, 0.15) is 18.4 Å². The molecule has 2 rings (SSSR count). The maximum Gasteiger partial charge on any atom is 0.247 e. The third kappa shape index (κ3) is 3.46. The van der Waals surface area contributed by atoms with Crippen LogP contribution in [0.4, 0.5) is 0 Å². The molecule has 2 heterocycles. The molecule has 0 aromatic carbocycles. The van der Waals surface area contributed by atoms with Gasteiger partial charge in [-0.25, -0.2) is 0 Å². The van der Waals surface area contributed by atoms with Crippen molar-refractivity contribution in [3.05, 3.63) is 34.2 Å². The third-order valence-electron chi connectivity index (χ3n) is 3.76. The van der Waals surface area contributed by atoms with Crippen LogP contribution in [0.15, 0.2) is 23.1 Å². The normalized spacial score (nSPS) is 17.6. The Labute approximate surface area is 117 Å². The van der Waals surface area contributed by atoms with E-state index in [2.05, 4.69) is 15.6 Å². The van der Waals surface area contributed by atoms with Gasteiger partial charge in [-0.05, 0) is 31.5 Å². The van der Waals surface area contributed by atoms with Gasteiger partial charge in [0, 0.05) is 25.9 Å². The molecule has 1 fully saturated rings. The number of aromatic amines is 1. The Kier molecular flexibility index (Phi) is 4.92. The number of amides is 1. The Hall–Kier alpha value is -1.66. The van der Waals surface area contributed by atoms with Crippen LogP contribution in [-0.4, -0.2) is 37.7 Å². The van der Waals surface area contributed by atoms with E-state index in [0.717, 1.165) is 31.5 Å². The second-order valence-electron chi connectivity index (χ2n) is 5.21. The zero-order chi connectivity index (χ0) is 14.4. The van der Waals surface area contributed by atoms with E-state index in [9.17, 15) is 9.59 Å². The van der Waals surface area contributed by atoms with Crippen LogP contribution >= 0.6 is 0 Å². The highest BCUT2D eigenvalue weighted by Gasteiger charge is 2.39. The molecule has 20 heavy (non-hydrogen) atoms. The number of H-pyrrole nitrogens is 1. The van der Waals surface area contributed by atoms with Crippen LogP contribution in [0.5, 0.6) is 0 Å². The Bertz CT molecular complexity index is 481. The summed E-state index contributed by atoms with van der Waals surface area (Å²) in [6.45, 7) is 2.51. The first-order valence-corrected chi connectivity index (χ1v) is 6.82. The first-order chi connectivity index (χ1) is 9.66. The number of nitrogens with one attached hydrogen (secondary N) is 3. The van der Waals surface area contributed by atoms with Crippen molar-refractivity contribution in [3.63, 3.8) is 0 Å². The first kappa shape index (κ1) is 14.7. The largest absolute Gasteiger partial charge is 0.384 e. The van der Waals surface area contributed by atoms with Crippen molar-refractivity contribution in [2.75, 3.05) is 26.8 Å². The third-order valence-corrected chi connectivity index (χ3v) is 3.76. The second-order valence-corrected chi connectivity index (χ2v) is 5.21. The number of carbonyl (C=O) groups is 1. The van der Waals surface area contributed by atoms with Gasteiger partial charge in [-0.3, -0.25) is 9.59 Å². The van der Waals surface area contributed by atoms with E-state index in [0.29, 0.717) is 13.2 Å². The molecular formula is C14H21N3O3. The maximum absolute atomic E-state index is 12.5. The minimum absolute atomic E-state index is 0.0204. The fourth-order valence-corrected chi connectivity index (χ4v) is 2.54. The van der Waals surface area contributed by atoms with E-state index in [4.69, 9.17) is 4.74 Å². The average Bonchev–Trinajstić information content (AvgIpc) is 2.47. The zero-order valence-corrected chi connectivity index (χ0v) is 11.7. The summed E-state index contributed by atoms with van der Waals surface area (Å²) in [5.74, 6) is 0.0204. The molecule has 110 valence electrons. The van der Waals surface area contributed by atoms with Crippen LogP contribution in [0.3, 0.4) is 0 Å². The lowest BCUT2D eigenvalue weighted by Gasteiger charge is -2.35. The van der Waals surface area contributed by atoms with Crippen molar-refractivity contribution < 1.29 is 9.53 Å². The molecule has 1 aromatic rings. The maximum atomic E-state index is 12.5. The molecule has 1 aliphatic heterocycles. The quantitative estimate of drug-likeness (QED) is 0.709. The van der Waals surface area contributed by atoms with Gasteiger partial charge < -0.3 is 20.4 Å². The highest BCUT2D eigenvalue weighted by Crippen LogP contribution is 2.29. The van der Waals surface area contributed by atoms with Crippen molar-refractivity contribution in [1.29, 1.82) is 0 Å². The van der Waals surface area contributed by atoms with Gasteiger partial charge >= 0.3 is 0 Å². The number of pyridine rings is 1. The summed E-state index contributed by atoms with van der Waals surface area (Å²) in [7, 11) is 1.62.